The van der Waals surface area contributed by atoms with E-state index < -0.39 is 5.97 Å². The highest BCUT2D eigenvalue weighted by atomic mass is 35.5. The second kappa shape index (κ2) is 11.4. The number of ether oxygens (including phenoxy) is 2. The summed E-state index contributed by atoms with van der Waals surface area (Å²) in [4.78, 5) is 14.4. The topological polar surface area (TPSA) is 79.2 Å². The van der Waals surface area contributed by atoms with Gasteiger partial charge in [0.25, 0.3) is 0 Å². The molecule has 3 aliphatic carbocycles. The van der Waals surface area contributed by atoms with Crippen LogP contribution in [0.5, 0.6) is 5.75 Å². The summed E-state index contributed by atoms with van der Waals surface area (Å²) in [6.07, 6.45) is 10.7. The molecular formula is C33H40ClNO5. The monoisotopic (exact) mass is 565 g/mol. The van der Waals surface area contributed by atoms with Crippen LogP contribution in [0.3, 0.4) is 0 Å². The summed E-state index contributed by atoms with van der Waals surface area (Å²) in [5.74, 6) is 1.05. The van der Waals surface area contributed by atoms with E-state index in [9.17, 15) is 15.0 Å². The van der Waals surface area contributed by atoms with Gasteiger partial charge in [-0.05, 0) is 116 Å². The summed E-state index contributed by atoms with van der Waals surface area (Å²) in [6.45, 7) is 2.42. The maximum absolute atomic E-state index is 11.9. The predicted molar refractivity (Wildman–Crippen MR) is 157 cm³/mol. The first-order valence-corrected chi connectivity index (χ1v) is 15.1. The molecule has 0 saturated heterocycles. The molecule has 1 fully saturated rings. The second-order valence-corrected chi connectivity index (χ2v) is 12.8. The van der Waals surface area contributed by atoms with Crippen molar-refractivity contribution in [3.05, 3.63) is 69.8 Å². The molecule has 1 aliphatic heterocycles. The number of rotatable bonds is 7. The molecule has 7 heteroatoms. The fraction of sp³-hybridized carbons (Fsp3) is 0.545. The van der Waals surface area contributed by atoms with Crippen LogP contribution in [-0.2, 0) is 16.6 Å². The SMILES string of the molecule is COC(C1=CC[C@@H](CO)CC1)[C@@H]1CC[C@H]1CN1CC2(CCCc3cc(Cl)ccc32)COc2ccc(C(=O)O)cc21. The molecule has 5 atom stereocenters. The van der Waals surface area contributed by atoms with Crippen molar-refractivity contribution in [3.63, 3.8) is 0 Å². The Morgan fingerprint density at radius 2 is 2.08 bits per heavy atom. The minimum atomic E-state index is -0.925. The van der Waals surface area contributed by atoms with Gasteiger partial charge in [0, 0.05) is 37.2 Å². The molecule has 6 nitrogen and oxygen atoms in total. The zero-order valence-electron chi connectivity index (χ0n) is 23.3. The Morgan fingerprint density at radius 1 is 1.20 bits per heavy atom. The molecule has 6 rings (SSSR count). The predicted octanol–water partition coefficient (Wildman–Crippen LogP) is 6.27. The number of aromatic carboxylic acids is 1. The van der Waals surface area contributed by atoms with Crippen molar-refractivity contribution >= 4 is 23.3 Å². The molecule has 4 aliphatic rings. The van der Waals surface area contributed by atoms with E-state index in [-0.39, 0.29) is 23.7 Å². The van der Waals surface area contributed by atoms with Crippen LogP contribution in [0.25, 0.3) is 0 Å². The Bertz CT molecular complexity index is 1290. The van der Waals surface area contributed by atoms with E-state index in [1.54, 1.807) is 12.1 Å². The number of methoxy groups -OCH3 is 1. The van der Waals surface area contributed by atoms with Gasteiger partial charge >= 0.3 is 5.97 Å². The van der Waals surface area contributed by atoms with Crippen LogP contribution in [0.2, 0.25) is 5.02 Å². The molecule has 2 unspecified atom stereocenters. The van der Waals surface area contributed by atoms with E-state index in [2.05, 4.69) is 23.1 Å². The summed E-state index contributed by atoms with van der Waals surface area (Å²) in [5, 5.41) is 20.1. The lowest BCUT2D eigenvalue weighted by Crippen LogP contribution is -2.50. The van der Waals surface area contributed by atoms with Gasteiger partial charge in [0.1, 0.15) is 5.75 Å². The van der Waals surface area contributed by atoms with E-state index in [1.165, 1.54) is 16.7 Å². The lowest BCUT2D eigenvalue weighted by molar-refractivity contribution is 0.00273. The van der Waals surface area contributed by atoms with Crippen LogP contribution in [0.1, 0.15) is 66.4 Å². The third kappa shape index (κ3) is 5.15. The number of nitrogens with zero attached hydrogens (tertiary/aromatic N) is 1. The van der Waals surface area contributed by atoms with Crippen molar-refractivity contribution in [1.82, 2.24) is 0 Å². The smallest absolute Gasteiger partial charge is 0.335 e. The van der Waals surface area contributed by atoms with Gasteiger partial charge in [0.05, 0.1) is 24.0 Å². The Balaban J connectivity index is 1.32. The number of carbonyl (C=O) groups is 1. The average Bonchev–Trinajstić information content (AvgIpc) is 3.10. The Morgan fingerprint density at radius 3 is 2.77 bits per heavy atom. The van der Waals surface area contributed by atoms with Crippen molar-refractivity contribution in [1.29, 1.82) is 0 Å². The Hall–Kier alpha value is -2.54. The molecule has 2 aromatic carbocycles. The molecule has 1 heterocycles. The van der Waals surface area contributed by atoms with Gasteiger partial charge < -0.3 is 24.6 Å². The first-order valence-electron chi connectivity index (χ1n) is 14.8. The van der Waals surface area contributed by atoms with Crippen molar-refractivity contribution < 1.29 is 24.5 Å². The minimum Gasteiger partial charge on any atom is -0.490 e. The number of hydrogen-bond acceptors (Lipinski definition) is 5. The number of halogens is 1. The zero-order chi connectivity index (χ0) is 27.9. The Labute approximate surface area is 241 Å². The van der Waals surface area contributed by atoms with Gasteiger partial charge in [0.2, 0.25) is 0 Å². The summed E-state index contributed by atoms with van der Waals surface area (Å²) in [5.41, 5.74) is 4.95. The fourth-order valence-electron chi connectivity index (χ4n) is 7.68. The number of benzene rings is 2. The third-order valence-corrected chi connectivity index (χ3v) is 10.3. The maximum atomic E-state index is 11.9. The third-order valence-electron chi connectivity index (χ3n) is 10.0. The van der Waals surface area contributed by atoms with Crippen molar-refractivity contribution in [3.8, 4) is 5.75 Å². The number of fused-ring (bicyclic) bond motifs is 3. The number of carboxylic acids is 1. The van der Waals surface area contributed by atoms with Gasteiger partial charge in [-0.3, -0.25) is 0 Å². The van der Waals surface area contributed by atoms with Gasteiger partial charge in [-0.15, -0.1) is 0 Å². The normalized spacial score (nSPS) is 28.4. The summed E-state index contributed by atoms with van der Waals surface area (Å²) in [6, 6.07) is 11.5. The first kappa shape index (κ1) is 27.6. The molecule has 0 radical (unpaired) electrons. The molecule has 0 bridgehead atoms. The highest BCUT2D eigenvalue weighted by Crippen LogP contribution is 2.48. The molecule has 214 valence electrons. The van der Waals surface area contributed by atoms with E-state index in [4.69, 9.17) is 21.1 Å². The number of hydrogen-bond donors (Lipinski definition) is 2. The number of carboxylic acid groups (broad SMARTS) is 1. The van der Waals surface area contributed by atoms with Crippen LogP contribution in [0.4, 0.5) is 5.69 Å². The lowest BCUT2D eigenvalue weighted by Gasteiger charge is -2.47. The second-order valence-electron chi connectivity index (χ2n) is 12.4. The fourth-order valence-corrected chi connectivity index (χ4v) is 7.88. The molecule has 1 spiro atoms. The Kier molecular flexibility index (Phi) is 7.86. The molecule has 2 N–H and O–H groups in total. The van der Waals surface area contributed by atoms with Gasteiger partial charge in [-0.1, -0.05) is 23.7 Å². The van der Waals surface area contributed by atoms with Crippen LogP contribution in [0.15, 0.2) is 48.0 Å². The minimum absolute atomic E-state index is 0.0953. The van der Waals surface area contributed by atoms with Gasteiger partial charge in [0.15, 0.2) is 0 Å². The van der Waals surface area contributed by atoms with E-state index in [0.29, 0.717) is 24.4 Å². The van der Waals surface area contributed by atoms with Crippen molar-refractivity contribution in [2.75, 3.05) is 38.3 Å². The van der Waals surface area contributed by atoms with E-state index in [0.717, 1.165) is 80.9 Å². The maximum Gasteiger partial charge on any atom is 0.335 e. The van der Waals surface area contributed by atoms with E-state index in [1.807, 2.05) is 19.2 Å². The highest BCUT2D eigenvalue weighted by Gasteiger charge is 2.45. The molecular weight excluding hydrogens is 526 g/mol. The number of allylic oxidation sites excluding steroid dienone is 1. The van der Waals surface area contributed by atoms with E-state index >= 15 is 0 Å². The standard InChI is InChI=1S/C33H40ClNO5/c1-39-31(22-6-4-21(18-36)5-7-22)27-11-8-25(27)17-35-19-33(14-2-3-23-15-26(34)10-12-28(23)33)20-40-30-13-9-24(32(37)38)16-29(30)35/h6,9-10,12-13,15-16,21,25,27,31,36H,2-5,7-8,11,14,17-20H2,1H3,(H,37,38)/t21-,25+,27-,31?,33?/m1/s1. The van der Waals surface area contributed by atoms with Crippen molar-refractivity contribution in [2.24, 2.45) is 17.8 Å². The summed E-state index contributed by atoms with van der Waals surface area (Å²) < 4.78 is 12.6. The molecule has 1 saturated carbocycles. The lowest BCUT2D eigenvalue weighted by atomic mass is 9.66. The van der Waals surface area contributed by atoms with Crippen molar-refractivity contribution in [2.45, 2.75) is 62.9 Å². The highest BCUT2D eigenvalue weighted by molar-refractivity contribution is 6.30. The number of aliphatic hydroxyl groups excluding tert-OH is 1. The van der Waals surface area contributed by atoms with Gasteiger partial charge in [-0.25, -0.2) is 4.79 Å². The van der Waals surface area contributed by atoms with Crippen LogP contribution in [0, 0.1) is 17.8 Å². The van der Waals surface area contributed by atoms with Crippen LogP contribution < -0.4 is 9.64 Å². The summed E-state index contributed by atoms with van der Waals surface area (Å²) >= 11 is 6.39. The average molecular weight is 566 g/mol. The molecule has 40 heavy (non-hydrogen) atoms. The van der Waals surface area contributed by atoms with Crippen LogP contribution in [-0.4, -0.2) is 55.7 Å². The quantitative estimate of drug-likeness (QED) is 0.385. The summed E-state index contributed by atoms with van der Waals surface area (Å²) in [7, 11) is 1.83. The first-order chi connectivity index (χ1) is 19.4. The largest absolute Gasteiger partial charge is 0.490 e. The molecule has 2 aromatic rings. The number of aryl methyl sites for hydroxylation is 1. The molecule has 0 amide bonds. The zero-order valence-corrected chi connectivity index (χ0v) is 24.0. The van der Waals surface area contributed by atoms with Gasteiger partial charge in [-0.2, -0.15) is 0 Å². The number of anilines is 1. The van der Waals surface area contributed by atoms with Crippen LogP contribution >= 0.6 is 11.6 Å². The number of aliphatic hydroxyl groups is 1. The molecule has 0 aromatic heterocycles.